The molecule has 2 aliphatic heterocycles. The zero-order chi connectivity index (χ0) is 9.71. The Labute approximate surface area is 84.7 Å². The van der Waals surface area contributed by atoms with Gasteiger partial charge in [0.25, 0.3) is 0 Å². The molecule has 2 N–H and O–H groups in total. The van der Waals surface area contributed by atoms with Gasteiger partial charge in [-0.2, -0.15) is 0 Å². The molecule has 0 saturated carbocycles. The van der Waals surface area contributed by atoms with Gasteiger partial charge in [0.15, 0.2) is 0 Å². The second kappa shape index (κ2) is 2.74. The highest BCUT2D eigenvalue weighted by Gasteiger charge is 2.37. The number of aryl methyl sites for hydroxylation is 1. The van der Waals surface area contributed by atoms with E-state index < -0.39 is 0 Å². The van der Waals surface area contributed by atoms with Gasteiger partial charge in [-0.15, -0.1) is 0 Å². The smallest absolute Gasteiger partial charge is 0.0775 e. The normalized spacial score (nSPS) is 29.1. The number of hydrogen-bond donors (Lipinski definition) is 1. The summed E-state index contributed by atoms with van der Waals surface area (Å²) in [5.41, 5.74) is 10.4. The Morgan fingerprint density at radius 3 is 3.07 bits per heavy atom. The van der Waals surface area contributed by atoms with Crippen LogP contribution in [0.25, 0.3) is 0 Å². The van der Waals surface area contributed by atoms with E-state index >= 15 is 0 Å². The fraction of sp³-hybridized carbons (Fsp3) is 0.500. The molecular formula is C12H16N2. The summed E-state index contributed by atoms with van der Waals surface area (Å²) >= 11 is 0. The largest absolute Gasteiger partial charge is 0.353 e. The van der Waals surface area contributed by atoms with Crippen LogP contribution >= 0.6 is 0 Å². The van der Waals surface area contributed by atoms with Crippen LogP contribution in [0.4, 0.5) is 5.69 Å². The number of fused-ring (bicyclic) bond motifs is 3. The first-order chi connectivity index (χ1) is 6.77. The maximum absolute atomic E-state index is 6.11. The van der Waals surface area contributed by atoms with Gasteiger partial charge in [-0.1, -0.05) is 12.1 Å². The molecule has 1 fully saturated rings. The minimum absolute atomic E-state index is 0.253. The molecule has 2 aliphatic rings. The molecule has 0 amide bonds. The second-order valence-corrected chi connectivity index (χ2v) is 4.48. The summed E-state index contributed by atoms with van der Waals surface area (Å²) < 4.78 is 0. The quantitative estimate of drug-likeness (QED) is 0.672. The van der Waals surface area contributed by atoms with Gasteiger partial charge < -0.3 is 10.6 Å². The van der Waals surface area contributed by atoms with Crippen molar-refractivity contribution in [2.24, 2.45) is 5.73 Å². The molecule has 2 heteroatoms. The number of nitrogens with zero attached hydrogens (tertiary/aromatic N) is 1. The maximum atomic E-state index is 6.11. The molecule has 14 heavy (non-hydrogen) atoms. The van der Waals surface area contributed by atoms with E-state index in [0.717, 1.165) is 6.42 Å². The van der Waals surface area contributed by atoms with E-state index in [4.69, 9.17) is 5.73 Å². The average molecular weight is 188 g/mol. The Balaban J connectivity index is 2.11. The molecule has 1 saturated heterocycles. The van der Waals surface area contributed by atoms with E-state index in [2.05, 4.69) is 30.0 Å². The first-order valence-corrected chi connectivity index (χ1v) is 5.40. The van der Waals surface area contributed by atoms with Crippen molar-refractivity contribution in [2.75, 3.05) is 4.90 Å². The fourth-order valence-electron chi connectivity index (χ4n) is 2.92. The molecule has 2 unspecified atom stereocenters. The standard InChI is InChI=1S/C12H16N2/c1-8-3-2-4-11-10(8)7-9-5-6-12(13)14(9)11/h2-4,9,12H,5-7,13H2,1H3. The average Bonchev–Trinajstić information content (AvgIpc) is 2.68. The van der Waals surface area contributed by atoms with Gasteiger partial charge >= 0.3 is 0 Å². The molecule has 0 radical (unpaired) electrons. The third-order valence-electron chi connectivity index (χ3n) is 3.65. The van der Waals surface area contributed by atoms with Crippen molar-refractivity contribution < 1.29 is 0 Å². The molecule has 0 aliphatic carbocycles. The van der Waals surface area contributed by atoms with Crippen molar-refractivity contribution in [3.05, 3.63) is 29.3 Å². The van der Waals surface area contributed by atoms with Crippen LogP contribution in [0.15, 0.2) is 18.2 Å². The highest BCUT2D eigenvalue weighted by molar-refractivity contribution is 5.63. The molecule has 2 heterocycles. The van der Waals surface area contributed by atoms with Crippen LogP contribution in [0.3, 0.4) is 0 Å². The van der Waals surface area contributed by atoms with Gasteiger partial charge in [0, 0.05) is 11.7 Å². The number of benzene rings is 1. The summed E-state index contributed by atoms with van der Waals surface area (Å²) in [7, 11) is 0. The topological polar surface area (TPSA) is 29.3 Å². The molecule has 1 aromatic carbocycles. The Bertz CT molecular complexity index is 373. The summed E-state index contributed by atoms with van der Waals surface area (Å²) in [6, 6.07) is 7.24. The van der Waals surface area contributed by atoms with Crippen LogP contribution in [0, 0.1) is 6.92 Å². The predicted molar refractivity (Wildman–Crippen MR) is 58.4 cm³/mol. The highest BCUT2D eigenvalue weighted by atomic mass is 15.3. The molecule has 0 spiro atoms. The Hall–Kier alpha value is -1.02. The lowest BCUT2D eigenvalue weighted by Crippen LogP contribution is -2.38. The highest BCUT2D eigenvalue weighted by Crippen LogP contribution is 2.40. The first-order valence-electron chi connectivity index (χ1n) is 5.40. The molecule has 1 aromatic rings. The van der Waals surface area contributed by atoms with Crippen LogP contribution < -0.4 is 10.6 Å². The molecular weight excluding hydrogens is 172 g/mol. The summed E-state index contributed by atoms with van der Waals surface area (Å²) in [5, 5.41) is 0. The zero-order valence-electron chi connectivity index (χ0n) is 8.53. The maximum Gasteiger partial charge on any atom is 0.0775 e. The molecule has 2 nitrogen and oxygen atoms in total. The number of hydrogen-bond acceptors (Lipinski definition) is 2. The Morgan fingerprint density at radius 2 is 2.21 bits per heavy atom. The number of nitrogens with two attached hydrogens (primary N) is 1. The van der Waals surface area contributed by atoms with Crippen molar-refractivity contribution in [3.8, 4) is 0 Å². The Kier molecular flexibility index (Phi) is 1.62. The lowest BCUT2D eigenvalue weighted by Gasteiger charge is -2.24. The van der Waals surface area contributed by atoms with Gasteiger partial charge in [0.2, 0.25) is 0 Å². The van der Waals surface area contributed by atoms with E-state index in [9.17, 15) is 0 Å². The predicted octanol–water partition coefficient (Wildman–Crippen LogP) is 1.80. The van der Waals surface area contributed by atoms with Gasteiger partial charge in [0.05, 0.1) is 6.17 Å². The number of anilines is 1. The monoisotopic (exact) mass is 188 g/mol. The van der Waals surface area contributed by atoms with Crippen molar-refractivity contribution in [1.82, 2.24) is 0 Å². The van der Waals surface area contributed by atoms with Crippen LogP contribution in [-0.2, 0) is 6.42 Å². The summed E-state index contributed by atoms with van der Waals surface area (Å²) in [5.74, 6) is 0. The lowest BCUT2D eigenvalue weighted by molar-refractivity contribution is 0.674. The minimum atomic E-state index is 0.253. The van der Waals surface area contributed by atoms with Crippen LogP contribution in [0.1, 0.15) is 24.0 Å². The van der Waals surface area contributed by atoms with Crippen LogP contribution in [-0.4, -0.2) is 12.2 Å². The Morgan fingerprint density at radius 1 is 1.36 bits per heavy atom. The van der Waals surface area contributed by atoms with Crippen molar-refractivity contribution in [2.45, 2.75) is 38.4 Å². The van der Waals surface area contributed by atoms with Crippen molar-refractivity contribution >= 4 is 5.69 Å². The van der Waals surface area contributed by atoms with E-state index in [-0.39, 0.29) is 6.17 Å². The third-order valence-corrected chi connectivity index (χ3v) is 3.65. The van der Waals surface area contributed by atoms with Crippen molar-refractivity contribution in [3.63, 3.8) is 0 Å². The minimum Gasteiger partial charge on any atom is -0.353 e. The SMILES string of the molecule is Cc1cccc2c1CC1CCC(N)N21. The molecule has 74 valence electrons. The molecule has 0 aromatic heterocycles. The molecule has 2 atom stereocenters. The summed E-state index contributed by atoms with van der Waals surface area (Å²) in [4.78, 5) is 2.42. The second-order valence-electron chi connectivity index (χ2n) is 4.48. The van der Waals surface area contributed by atoms with Gasteiger partial charge in [-0.25, -0.2) is 0 Å². The van der Waals surface area contributed by atoms with Gasteiger partial charge in [0.1, 0.15) is 0 Å². The van der Waals surface area contributed by atoms with Gasteiger partial charge in [-0.3, -0.25) is 0 Å². The zero-order valence-corrected chi connectivity index (χ0v) is 8.53. The van der Waals surface area contributed by atoms with Crippen LogP contribution in [0.5, 0.6) is 0 Å². The van der Waals surface area contributed by atoms with Crippen molar-refractivity contribution in [1.29, 1.82) is 0 Å². The lowest BCUT2D eigenvalue weighted by atomic mass is 10.0. The van der Waals surface area contributed by atoms with E-state index in [1.165, 1.54) is 29.7 Å². The van der Waals surface area contributed by atoms with E-state index in [0.29, 0.717) is 6.04 Å². The summed E-state index contributed by atoms with van der Waals surface area (Å²) in [6.45, 7) is 2.20. The third kappa shape index (κ3) is 0.947. The first kappa shape index (κ1) is 8.30. The fourth-order valence-corrected chi connectivity index (χ4v) is 2.92. The van der Waals surface area contributed by atoms with E-state index in [1.54, 1.807) is 0 Å². The summed E-state index contributed by atoms with van der Waals surface area (Å²) in [6.07, 6.45) is 3.87. The molecule has 3 rings (SSSR count). The van der Waals surface area contributed by atoms with Crippen LogP contribution in [0.2, 0.25) is 0 Å². The van der Waals surface area contributed by atoms with E-state index in [1.807, 2.05) is 0 Å². The number of rotatable bonds is 0. The molecule has 0 bridgehead atoms. The van der Waals surface area contributed by atoms with Gasteiger partial charge in [-0.05, 0) is 43.4 Å².